The third kappa shape index (κ3) is 7.51. The highest BCUT2D eigenvalue weighted by atomic mass is 32.2. The van der Waals surface area contributed by atoms with Crippen molar-refractivity contribution in [3.8, 4) is 0 Å². The van der Waals surface area contributed by atoms with E-state index in [0.29, 0.717) is 37.8 Å². The van der Waals surface area contributed by atoms with Crippen molar-refractivity contribution in [1.82, 2.24) is 29.5 Å². The topological polar surface area (TPSA) is 84.2 Å². The van der Waals surface area contributed by atoms with Crippen LogP contribution in [-0.4, -0.2) is 72.8 Å². The van der Waals surface area contributed by atoms with E-state index in [1.165, 1.54) is 47.7 Å². The molecule has 0 saturated carbocycles. The van der Waals surface area contributed by atoms with Crippen molar-refractivity contribution in [3.63, 3.8) is 0 Å². The van der Waals surface area contributed by atoms with E-state index in [9.17, 15) is 9.59 Å². The minimum absolute atomic E-state index is 0.0311. The minimum Gasteiger partial charge on any atom is -0.339 e. The maximum absolute atomic E-state index is 13.3. The van der Waals surface area contributed by atoms with Crippen molar-refractivity contribution in [2.45, 2.75) is 77.0 Å². The third-order valence-corrected chi connectivity index (χ3v) is 10.1. The number of fused-ring (bicyclic) bond motifs is 3. The molecule has 9 heteroatoms. The zero-order valence-electron chi connectivity index (χ0n) is 27.7. The van der Waals surface area contributed by atoms with Gasteiger partial charge in [-0.3, -0.25) is 9.59 Å². The molecule has 1 saturated heterocycles. The molecule has 6 rings (SSSR count). The second-order valence-electron chi connectivity index (χ2n) is 12.6. The number of aromatic nitrogens is 4. The van der Waals surface area contributed by atoms with Crippen LogP contribution in [0.25, 0.3) is 22.1 Å². The molecule has 0 radical (unpaired) electrons. The van der Waals surface area contributed by atoms with Crippen LogP contribution in [0.3, 0.4) is 0 Å². The van der Waals surface area contributed by atoms with Crippen LogP contribution in [0.1, 0.15) is 73.0 Å². The summed E-state index contributed by atoms with van der Waals surface area (Å²) in [5.74, 6) is 0.901. The van der Waals surface area contributed by atoms with E-state index in [2.05, 4.69) is 77.1 Å². The number of para-hydroxylation sites is 1. The fourth-order valence-corrected chi connectivity index (χ4v) is 7.18. The lowest BCUT2D eigenvalue weighted by Gasteiger charge is -2.40. The molecule has 47 heavy (non-hydrogen) atoms. The van der Waals surface area contributed by atoms with Gasteiger partial charge in [0.15, 0.2) is 5.65 Å². The average Bonchev–Trinajstić information content (AvgIpc) is 3.40. The number of thioether (sulfide) groups is 1. The molecular weight excluding hydrogens is 605 g/mol. The first-order valence-corrected chi connectivity index (χ1v) is 17.9. The van der Waals surface area contributed by atoms with Crippen molar-refractivity contribution in [1.29, 1.82) is 0 Å². The van der Waals surface area contributed by atoms with E-state index >= 15 is 0 Å². The van der Waals surface area contributed by atoms with E-state index in [0.717, 1.165) is 46.2 Å². The molecule has 244 valence electrons. The van der Waals surface area contributed by atoms with Crippen LogP contribution in [-0.2, 0) is 17.8 Å². The standard InChI is InChI=1S/C38H44N6O2S/c1-4-5-6-13-29-18-20-30(21-19-29)37(46)43-23-22-42(25-28(43)3)34(45)17-11-24-47-38-39-36-35(40-41-38)32-15-9-10-16-33(32)44(36)26-31-14-8-7-12-27(31)2/h7-10,12,14-16,18-21,28H,4-6,11,13,17,22-26H2,1-3H3. The smallest absolute Gasteiger partial charge is 0.254 e. The van der Waals surface area contributed by atoms with Crippen molar-refractivity contribution in [2.24, 2.45) is 0 Å². The predicted molar refractivity (Wildman–Crippen MR) is 190 cm³/mol. The maximum atomic E-state index is 13.3. The molecule has 1 aliphatic rings. The molecule has 1 atom stereocenters. The Kier molecular flexibility index (Phi) is 10.5. The monoisotopic (exact) mass is 648 g/mol. The normalized spacial score (nSPS) is 15.1. The summed E-state index contributed by atoms with van der Waals surface area (Å²) in [4.78, 5) is 35.2. The van der Waals surface area contributed by atoms with Gasteiger partial charge >= 0.3 is 0 Å². The van der Waals surface area contributed by atoms with Gasteiger partial charge in [0.05, 0.1) is 5.52 Å². The van der Waals surface area contributed by atoms with Crippen molar-refractivity contribution in [2.75, 3.05) is 25.4 Å². The van der Waals surface area contributed by atoms with E-state index in [1.807, 2.05) is 41.0 Å². The summed E-state index contributed by atoms with van der Waals surface area (Å²) >= 11 is 1.54. The number of hydrogen-bond acceptors (Lipinski definition) is 6. The lowest BCUT2D eigenvalue weighted by molar-refractivity contribution is -0.133. The predicted octanol–water partition coefficient (Wildman–Crippen LogP) is 7.31. The summed E-state index contributed by atoms with van der Waals surface area (Å²) in [5.41, 5.74) is 7.21. The quantitative estimate of drug-likeness (QED) is 0.104. The largest absolute Gasteiger partial charge is 0.339 e. The van der Waals surface area contributed by atoms with Gasteiger partial charge in [-0.1, -0.05) is 86.1 Å². The van der Waals surface area contributed by atoms with E-state index in [-0.39, 0.29) is 17.9 Å². The van der Waals surface area contributed by atoms with Crippen LogP contribution < -0.4 is 0 Å². The number of benzene rings is 3. The number of aryl methyl sites for hydroxylation is 2. The van der Waals surface area contributed by atoms with Crippen LogP contribution in [0, 0.1) is 6.92 Å². The molecule has 8 nitrogen and oxygen atoms in total. The van der Waals surface area contributed by atoms with Gasteiger partial charge < -0.3 is 14.4 Å². The average molecular weight is 649 g/mol. The molecule has 1 unspecified atom stereocenters. The molecule has 0 aliphatic carbocycles. The fraction of sp³-hybridized carbons (Fsp3) is 0.395. The molecule has 3 aromatic carbocycles. The van der Waals surface area contributed by atoms with Crippen LogP contribution in [0.4, 0.5) is 0 Å². The lowest BCUT2D eigenvalue weighted by atomic mass is 10.0. The summed E-state index contributed by atoms with van der Waals surface area (Å²) in [6.07, 6.45) is 5.83. The number of carbonyl (C=O) groups is 2. The molecule has 0 N–H and O–H groups in total. The number of hydrogen-bond donors (Lipinski definition) is 0. The SMILES string of the molecule is CCCCCc1ccc(C(=O)N2CCN(C(=O)CCCSc3nnc4c5ccccc5n(Cc5ccccc5C)c4n3)CC2C)cc1. The summed E-state index contributed by atoms with van der Waals surface area (Å²) < 4.78 is 2.23. The van der Waals surface area contributed by atoms with Crippen molar-refractivity contribution >= 4 is 45.6 Å². The maximum Gasteiger partial charge on any atom is 0.254 e. The van der Waals surface area contributed by atoms with Crippen LogP contribution in [0.5, 0.6) is 0 Å². The second kappa shape index (κ2) is 15.1. The number of unbranched alkanes of at least 4 members (excludes halogenated alkanes) is 2. The first-order valence-electron chi connectivity index (χ1n) is 16.9. The number of piperazine rings is 1. The van der Waals surface area contributed by atoms with E-state index < -0.39 is 0 Å². The molecule has 0 spiro atoms. The highest BCUT2D eigenvalue weighted by molar-refractivity contribution is 7.99. The molecule has 2 aromatic heterocycles. The zero-order chi connectivity index (χ0) is 32.8. The lowest BCUT2D eigenvalue weighted by Crippen LogP contribution is -2.55. The van der Waals surface area contributed by atoms with E-state index in [1.54, 1.807) is 0 Å². The van der Waals surface area contributed by atoms with Crippen LogP contribution in [0.2, 0.25) is 0 Å². The Hall–Kier alpha value is -4.24. The Morgan fingerprint density at radius 2 is 1.70 bits per heavy atom. The summed E-state index contributed by atoms with van der Waals surface area (Å²) in [7, 11) is 0. The van der Waals surface area contributed by atoms with Gasteiger partial charge in [0, 0.05) is 55.3 Å². The number of nitrogens with zero attached hydrogens (tertiary/aromatic N) is 6. The number of amides is 2. The van der Waals surface area contributed by atoms with Gasteiger partial charge in [-0.05, 0) is 68.0 Å². The zero-order valence-corrected chi connectivity index (χ0v) is 28.5. The molecule has 5 aromatic rings. The molecule has 1 aliphatic heterocycles. The Morgan fingerprint density at radius 1 is 0.915 bits per heavy atom. The number of rotatable bonds is 12. The first kappa shape index (κ1) is 32.7. The highest BCUT2D eigenvalue weighted by Crippen LogP contribution is 2.29. The Balaban J connectivity index is 1.02. The van der Waals surface area contributed by atoms with Gasteiger partial charge in [-0.25, -0.2) is 4.98 Å². The highest BCUT2D eigenvalue weighted by Gasteiger charge is 2.30. The number of carbonyl (C=O) groups excluding carboxylic acids is 2. The van der Waals surface area contributed by atoms with Gasteiger partial charge in [0.25, 0.3) is 5.91 Å². The minimum atomic E-state index is -0.0311. The van der Waals surface area contributed by atoms with Gasteiger partial charge in [0.1, 0.15) is 5.52 Å². The Bertz CT molecular complexity index is 1850. The Labute approximate surface area is 281 Å². The summed E-state index contributed by atoms with van der Waals surface area (Å²) in [5, 5.41) is 10.7. The summed E-state index contributed by atoms with van der Waals surface area (Å²) in [6, 6.07) is 24.7. The molecular formula is C38H44N6O2S. The molecule has 2 amide bonds. The van der Waals surface area contributed by atoms with Gasteiger partial charge in [-0.2, -0.15) is 0 Å². The molecule has 3 heterocycles. The van der Waals surface area contributed by atoms with Crippen LogP contribution >= 0.6 is 11.8 Å². The van der Waals surface area contributed by atoms with Gasteiger partial charge in [0.2, 0.25) is 11.1 Å². The van der Waals surface area contributed by atoms with E-state index in [4.69, 9.17) is 4.98 Å². The van der Waals surface area contributed by atoms with Crippen molar-refractivity contribution < 1.29 is 9.59 Å². The van der Waals surface area contributed by atoms with Crippen LogP contribution in [0.15, 0.2) is 78.0 Å². The first-order chi connectivity index (χ1) is 22.9. The van der Waals surface area contributed by atoms with Gasteiger partial charge in [-0.15, -0.1) is 10.2 Å². The molecule has 1 fully saturated rings. The molecule has 0 bridgehead atoms. The second-order valence-corrected chi connectivity index (χ2v) is 13.7. The fourth-order valence-electron chi connectivity index (χ4n) is 6.46. The third-order valence-electron chi connectivity index (χ3n) is 9.22. The van der Waals surface area contributed by atoms with Crippen molar-refractivity contribution in [3.05, 3.63) is 95.1 Å². The summed E-state index contributed by atoms with van der Waals surface area (Å²) in [6.45, 7) is 8.75. The Morgan fingerprint density at radius 3 is 2.49 bits per heavy atom.